The van der Waals surface area contributed by atoms with Crippen molar-refractivity contribution >= 4 is 52.4 Å². The number of rotatable bonds is 8. The highest BCUT2D eigenvalue weighted by atomic mass is 35.5. The lowest BCUT2D eigenvalue weighted by Gasteiger charge is -2.07. The van der Waals surface area contributed by atoms with E-state index in [4.69, 9.17) is 27.9 Å². The van der Waals surface area contributed by atoms with Crippen LogP contribution in [0.15, 0.2) is 23.3 Å². The molecule has 0 aliphatic carbocycles. The third-order valence-corrected chi connectivity index (χ3v) is 3.41. The second kappa shape index (κ2) is 10.7. The summed E-state index contributed by atoms with van der Waals surface area (Å²) in [7, 11) is 0. The summed E-state index contributed by atoms with van der Waals surface area (Å²) in [6.07, 6.45) is -0.117. The summed E-state index contributed by atoms with van der Waals surface area (Å²) in [5.74, 6) is -1.23. The summed E-state index contributed by atoms with van der Waals surface area (Å²) < 4.78 is 4.77. The fourth-order valence-corrected chi connectivity index (χ4v) is 2.16. The number of hydrazone groups is 1. The molecule has 0 heterocycles. The first-order valence-electron chi connectivity index (χ1n) is 7.54. The molecule has 1 rings (SSSR count). The van der Waals surface area contributed by atoms with Crippen LogP contribution >= 0.6 is 23.2 Å². The van der Waals surface area contributed by atoms with E-state index in [-0.39, 0.29) is 31.8 Å². The topological polar surface area (TPSA) is 96.9 Å². The van der Waals surface area contributed by atoms with Crippen molar-refractivity contribution in [1.29, 1.82) is 0 Å². The van der Waals surface area contributed by atoms with Gasteiger partial charge in [0.1, 0.15) is 0 Å². The van der Waals surface area contributed by atoms with Crippen LogP contribution < -0.4 is 10.7 Å². The number of esters is 1. The van der Waals surface area contributed by atoms with E-state index >= 15 is 0 Å². The molecule has 0 unspecified atom stereocenters. The molecule has 0 bridgehead atoms. The van der Waals surface area contributed by atoms with Crippen molar-refractivity contribution in [1.82, 2.24) is 5.43 Å². The highest BCUT2D eigenvalue weighted by molar-refractivity contribution is 6.36. The zero-order chi connectivity index (χ0) is 18.8. The fourth-order valence-electron chi connectivity index (χ4n) is 1.70. The van der Waals surface area contributed by atoms with Crippen LogP contribution in [0.5, 0.6) is 0 Å². The minimum absolute atomic E-state index is 0.0102. The first-order chi connectivity index (χ1) is 11.8. The number of carbonyl (C=O) groups excluding carboxylic acids is 3. The quantitative estimate of drug-likeness (QED) is 0.406. The maximum atomic E-state index is 11.8. The standard InChI is InChI=1S/C16H19Cl2N3O4/c1-3-25-16(24)8-10(2)20-21-15(23)7-6-14(22)19-13-5-4-11(17)9-12(13)18/h4-5,9H,3,6-8H2,1-2H3,(H,19,22)(H,21,23)/b20-10+. The average Bonchev–Trinajstić information content (AvgIpc) is 2.54. The molecule has 0 aliphatic rings. The third kappa shape index (κ3) is 8.51. The molecule has 9 heteroatoms. The highest BCUT2D eigenvalue weighted by Crippen LogP contribution is 2.25. The average molecular weight is 388 g/mol. The van der Waals surface area contributed by atoms with Crippen LogP contribution in [0.25, 0.3) is 0 Å². The Bertz CT molecular complexity index is 677. The zero-order valence-corrected chi connectivity index (χ0v) is 15.4. The summed E-state index contributed by atoms with van der Waals surface area (Å²) >= 11 is 11.7. The first kappa shape index (κ1) is 20.9. The third-order valence-electron chi connectivity index (χ3n) is 2.86. The van der Waals surface area contributed by atoms with Gasteiger partial charge < -0.3 is 10.1 Å². The van der Waals surface area contributed by atoms with E-state index in [0.717, 1.165) is 0 Å². The normalized spacial score (nSPS) is 11.0. The molecule has 1 aromatic rings. The molecule has 7 nitrogen and oxygen atoms in total. The summed E-state index contributed by atoms with van der Waals surface area (Å²) in [4.78, 5) is 34.7. The number of hydrogen-bond acceptors (Lipinski definition) is 5. The number of anilines is 1. The van der Waals surface area contributed by atoms with Gasteiger partial charge in [0.15, 0.2) is 0 Å². The summed E-state index contributed by atoms with van der Waals surface area (Å²) in [5.41, 5.74) is 3.11. The Morgan fingerprint density at radius 2 is 1.84 bits per heavy atom. The Morgan fingerprint density at radius 3 is 2.48 bits per heavy atom. The summed E-state index contributed by atoms with van der Waals surface area (Å²) in [5, 5.41) is 7.14. The minimum atomic E-state index is -0.444. The summed E-state index contributed by atoms with van der Waals surface area (Å²) in [6.45, 7) is 3.58. The maximum absolute atomic E-state index is 11.8. The number of amides is 2. The van der Waals surface area contributed by atoms with Gasteiger partial charge in [0.25, 0.3) is 0 Å². The van der Waals surface area contributed by atoms with Crippen molar-refractivity contribution in [2.75, 3.05) is 11.9 Å². The van der Waals surface area contributed by atoms with Crippen LogP contribution in [0.1, 0.15) is 33.1 Å². The molecule has 0 saturated heterocycles. The van der Waals surface area contributed by atoms with Gasteiger partial charge in [0.2, 0.25) is 11.8 Å². The molecule has 1 aromatic carbocycles. The molecule has 0 radical (unpaired) electrons. The van der Waals surface area contributed by atoms with Crippen molar-refractivity contribution in [2.24, 2.45) is 5.10 Å². The van der Waals surface area contributed by atoms with Crippen molar-refractivity contribution in [2.45, 2.75) is 33.1 Å². The predicted molar refractivity (Wildman–Crippen MR) is 96.8 cm³/mol. The van der Waals surface area contributed by atoms with Gasteiger partial charge in [-0.2, -0.15) is 5.10 Å². The van der Waals surface area contributed by atoms with Crippen molar-refractivity contribution in [3.63, 3.8) is 0 Å². The van der Waals surface area contributed by atoms with E-state index in [1.165, 1.54) is 6.07 Å². The van der Waals surface area contributed by atoms with Gasteiger partial charge in [0, 0.05) is 23.6 Å². The van der Waals surface area contributed by atoms with E-state index in [9.17, 15) is 14.4 Å². The van der Waals surface area contributed by atoms with Gasteiger partial charge >= 0.3 is 5.97 Å². The van der Waals surface area contributed by atoms with E-state index in [2.05, 4.69) is 15.8 Å². The van der Waals surface area contributed by atoms with E-state index in [1.807, 2.05) is 0 Å². The van der Waals surface area contributed by atoms with Crippen LogP contribution in [-0.4, -0.2) is 30.1 Å². The van der Waals surface area contributed by atoms with Gasteiger partial charge in [-0.15, -0.1) is 0 Å². The lowest BCUT2D eigenvalue weighted by atomic mass is 10.2. The van der Waals surface area contributed by atoms with Gasteiger partial charge in [-0.1, -0.05) is 23.2 Å². The van der Waals surface area contributed by atoms with Crippen molar-refractivity contribution in [3.05, 3.63) is 28.2 Å². The molecule has 25 heavy (non-hydrogen) atoms. The molecular formula is C16H19Cl2N3O4. The molecule has 0 aliphatic heterocycles. The smallest absolute Gasteiger partial charge is 0.311 e. The van der Waals surface area contributed by atoms with Gasteiger partial charge in [-0.25, -0.2) is 5.43 Å². The predicted octanol–water partition coefficient (Wildman–Crippen LogP) is 3.16. The van der Waals surface area contributed by atoms with Gasteiger partial charge in [-0.3, -0.25) is 14.4 Å². The second-order valence-corrected chi connectivity index (χ2v) is 5.88. The van der Waals surface area contributed by atoms with E-state index in [1.54, 1.807) is 26.0 Å². The largest absolute Gasteiger partial charge is 0.466 e. The Labute approximate surface area is 155 Å². The number of nitrogens with one attached hydrogen (secondary N) is 2. The van der Waals surface area contributed by atoms with Gasteiger partial charge in [-0.05, 0) is 32.0 Å². The lowest BCUT2D eigenvalue weighted by Crippen LogP contribution is -2.22. The number of carbonyl (C=O) groups is 3. The number of nitrogens with zero attached hydrogens (tertiary/aromatic N) is 1. The van der Waals surface area contributed by atoms with Crippen LogP contribution in [-0.2, 0) is 19.1 Å². The molecule has 0 saturated carbocycles. The fraction of sp³-hybridized carbons (Fsp3) is 0.375. The van der Waals surface area contributed by atoms with Crippen LogP contribution in [0.3, 0.4) is 0 Å². The van der Waals surface area contributed by atoms with Gasteiger partial charge in [0.05, 0.1) is 23.7 Å². The number of ether oxygens (including phenoxy) is 1. The molecule has 136 valence electrons. The van der Waals surface area contributed by atoms with E-state index in [0.29, 0.717) is 21.4 Å². The molecular weight excluding hydrogens is 369 g/mol. The Kier molecular flexibility index (Phi) is 8.94. The van der Waals surface area contributed by atoms with Crippen molar-refractivity contribution < 1.29 is 19.1 Å². The monoisotopic (exact) mass is 387 g/mol. The van der Waals surface area contributed by atoms with Crippen LogP contribution in [0.4, 0.5) is 5.69 Å². The Balaban J connectivity index is 2.38. The molecule has 2 N–H and O–H groups in total. The maximum Gasteiger partial charge on any atom is 0.311 e. The SMILES string of the molecule is CCOC(=O)C/C(C)=N/NC(=O)CCC(=O)Nc1ccc(Cl)cc1Cl. The first-order valence-corrected chi connectivity index (χ1v) is 8.30. The van der Waals surface area contributed by atoms with E-state index < -0.39 is 11.9 Å². The van der Waals surface area contributed by atoms with Crippen molar-refractivity contribution in [3.8, 4) is 0 Å². The molecule has 0 spiro atoms. The second-order valence-electron chi connectivity index (χ2n) is 5.04. The number of benzene rings is 1. The molecule has 0 atom stereocenters. The minimum Gasteiger partial charge on any atom is -0.466 e. The molecule has 0 fully saturated rings. The zero-order valence-electron chi connectivity index (χ0n) is 13.9. The molecule has 0 aromatic heterocycles. The molecule has 2 amide bonds. The van der Waals surface area contributed by atoms with Crippen LogP contribution in [0.2, 0.25) is 10.0 Å². The Morgan fingerprint density at radius 1 is 1.16 bits per heavy atom. The highest BCUT2D eigenvalue weighted by Gasteiger charge is 2.10. The Hall–Kier alpha value is -2.12. The lowest BCUT2D eigenvalue weighted by molar-refractivity contribution is -0.141. The summed E-state index contributed by atoms with van der Waals surface area (Å²) in [6, 6.07) is 4.68. The number of hydrogen-bond donors (Lipinski definition) is 2. The number of halogens is 2. The van der Waals surface area contributed by atoms with Crippen LogP contribution in [0, 0.1) is 0 Å².